The summed E-state index contributed by atoms with van der Waals surface area (Å²) in [5.41, 5.74) is 12.2. The molecule has 0 radical (unpaired) electrons. The van der Waals surface area contributed by atoms with Gasteiger partial charge in [-0.15, -0.1) is 0 Å². The molecule has 0 atom stereocenters. The fourth-order valence-corrected chi connectivity index (χ4v) is 7.97. The average molecular weight is 717 g/mol. The number of aromatic nitrogens is 4. The zero-order valence-electron chi connectivity index (χ0n) is 30.2. The zero-order chi connectivity index (χ0) is 37.0. The molecule has 0 aliphatic heterocycles. The molecule has 56 heavy (non-hydrogen) atoms. The SMILES string of the molecule is c1ccc(-c2nc(-c3ccccc3)nc(-c3ccc(-c4ccccc4)c(-n4c5ccccc5c5ccc(-c6ccc7c(c6)oc6ccccc67)cc54)c3)n2)cc1. The van der Waals surface area contributed by atoms with Crippen LogP contribution < -0.4 is 0 Å². The van der Waals surface area contributed by atoms with Crippen molar-refractivity contribution in [2.24, 2.45) is 0 Å². The lowest BCUT2D eigenvalue weighted by atomic mass is 10.00. The summed E-state index contributed by atoms with van der Waals surface area (Å²) in [5.74, 6) is 1.87. The summed E-state index contributed by atoms with van der Waals surface area (Å²) in [4.78, 5) is 15.2. The average Bonchev–Trinajstić information content (AvgIpc) is 3.82. The first-order chi connectivity index (χ1) is 27.7. The maximum absolute atomic E-state index is 6.31. The van der Waals surface area contributed by atoms with Crippen molar-refractivity contribution in [2.75, 3.05) is 0 Å². The number of para-hydroxylation sites is 2. The van der Waals surface area contributed by atoms with Crippen molar-refractivity contribution in [2.45, 2.75) is 0 Å². The zero-order valence-corrected chi connectivity index (χ0v) is 30.2. The van der Waals surface area contributed by atoms with Crippen LogP contribution >= 0.6 is 0 Å². The highest BCUT2D eigenvalue weighted by molar-refractivity contribution is 6.11. The van der Waals surface area contributed by atoms with E-state index in [9.17, 15) is 0 Å². The van der Waals surface area contributed by atoms with E-state index in [-0.39, 0.29) is 0 Å². The summed E-state index contributed by atoms with van der Waals surface area (Å²) in [7, 11) is 0. The molecule has 0 saturated carbocycles. The first kappa shape index (κ1) is 31.9. The van der Waals surface area contributed by atoms with Crippen LogP contribution in [0.5, 0.6) is 0 Å². The number of rotatable bonds is 6. The van der Waals surface area contributed by atoms with Crippen molar-refractivity contribution >= 4 is 43.7 Å². The molecule has 11 rings (SSSR count). The summed E-state index contributed by atoms with van der Waals surface area (Å²) in [6, 6.07) is 67.6. The highest BCUT2D eigenvalue weighted by Crippen LogP contribution is 2.40. The van der Waals surface area contributed by atoms with Crippen LogP contribution in [0.25, 0.3) is 106 Å². The van der Waals surface area contributed by atoms with Gasteiger partial charge in [0.25, 0.3) is 0 Å². The van der Waals surface area contributed by atoms with Gasteiger partial charge in [0, 0.05) is 43.8 Å². The molecule has 3 aromatic heterocycles. The summed E-state index contributed by atoms with van der Waals surface area (Å²) >= 11 is 0. The highest BCUT2D eigenvalue weighted by atomic mass is 16.3. The number of nitrogens with zero attached hydrogens (tertiary/aromatic N) is 4. The molecule has 3 heterocycles. The summed E-state index contributed by atoms with van der Waals surface area (Å²) in [5, 5.41) is 4.61. The van der Waals surface area contributed by atoms with Crippen LogP contribution in [0.2, 0.25) is 0 Å². The van der Waals surface area contributed by atoms with E-state index in [1.165, 1.54) is 10.8 Å². The van der Waals surface area contributed by atoms with E-state index >= 15 is 0 Å². The molecule has 5 nitrogen and oxygen atoms in total. The molecule has 0 fully saturated rings. The smallest absolute Gasteiger partial charge is 0.164 e. The standard InChI is InChI=1S/C51H32N4O/c1-4-14-33(15-5-1)39-27-26-38(51-53-49(34-16-6-2-7-17-34)52-50(54-51)35-18-8-3-9-19-35)31-45(39)55-44-22-12-10-20-40(44)41-28-24-36(30-46(41)55)37-25-29-43-42-21-11-13-23-47(42)56-48(43)32-37/h1-32H. The third-order valence-electron chi connectivity index (χ3n) is 10.7. The number of furan rings is 1. The van der Waals surface area contributed by atoms with Gasteiger partial charge in [-0.3, -0.25) is 0 Å². The molecule has 0 amide bonds. The monoisotopic (exact) mass is 716 g/mol. The minimum absolute atomic E-state index is 0.610. The van der Waals surface area contributed by atoms with E-state index in [0.717, 1.165) is 77.6 Å². The van der Waals surface area contributed by atoms with Gasteiger partial charge < -0.3 is 8.98 Å². The Balaban J connectivity index is 1.15. The van der Waals surface area contributed by atoms with Gasteiger partial charge in [-0.05, 0) is 53.1 Å². The van der Waals surface area contributed by atoms with E-state index < -0.39 is 0 Å². The second-order valence-corrected chi connectivity index (χ2v) is 14.0. The van der Waals surface area contributed by atoms with Crippen LogP contribution in [-0.2, 0) is 0 Å². The topological polar surface area (TPSA) is 56.7 Å². The third kappa shape index (κ3) is 5.37. The van der Waals surface area contributed by atoms with Gasteiger partial charge in [0.2, 0.25) is 0 Å². The fourth-order valence-electron chi connectivity index (χ4n) is 7.97. The van der Waals surface area contributed by atoms with Crippen LogP contribution in [0.4, 0.5) is 0 Å². The van der Waals surface area contributed by atoms with Crippen LogP contribution in [0, 0.1) is 0 Å². The lowest BCUT2D eigenvalue weighted by Gasteiger charge is -2.17. The van der Waals surface area contributed by atoms with Gasteiger partial charge in [-0.1, -0.05) is 158 Å². The number of hydrogen-bond donors (Lipinski definition) is 0. The summed E-state index contributed by atoms with van der Waals surface area (Å²) in [6.45, 7) is 0. The van der Waals surface area contributed by atoms with E-state index in [1.807, 2.05) is 72.8 Å². The second kappa shape index (κ2) is 13.0. The molecule has 0 N–H and O–H groups in total. The van der Waals surface area contributed by atoms with Crippen LogP contribution in [0.1, 0.15) is 0 Å². The van der Waals surface area contributed by atoms with Gasteiger partial charge in [0.05, 0.1) is 16.7 Å². The maximum Gasteiger partial charge on any atom is 0.164 e. The molecule has 5 heteroatoms. The molecule has 0 bridgehead atoms. The van der Waals surface area contributed by atoms with Crippen molar-refractivity contribution in [3.63, 3.8) is 0 Å². The Hall–Kier alpha value is -7.63. The Morgan fingerprint density at radius 2 is 0.821 bits per heavy atom. The number of benzene rings is 8. The number of hydrogen-bond acceptors (Lipinski definition) is 4. The Labute approximate surface area is 322 Å². The molecule has 0 aliphatic rings. The molecule has 11 aromatic rings. The van der Waals surface area contributed by atoms with E-state index in [2.05, 4.69) is 126 Å². The molecule has 0 spiro atoms. The first-order valence-corrected chi connectivity index (χ1v) is 18.8. The fraction of sp³-hybridized carbons (Fsp3) is 0. The molecule has 0 aliphatic carbocycles. The van der Waals surface area contributed by atoms with Crippen molar-refractivity contribution in [1.82, 2.24) is 19.5 Å². The normalized spacial score (nSPS) is 11.6. The maximum atomic E-state index is 6.31. The van der Waals surface area contributed by atoms with Crippen LogP contribution in [0.15, 0.2) is 199 Å². The third-order valence-corrected chi connectivity index (χ3v) is 10.7. The van der Waals surface area contributed by atoms with Crippen LogP contribution in [0.3, 0.4) is 0 Å². The molecular formula is C51H32N4O. The van der Waals surface area contributed by atoms with Gasteiger partial charge in [-0.25, -0.2) is 15.0 Å². The molecule has 262 valence electrons. The van der Waals surface area contributed by atoms with Gasteiger partial charge >= 0.3 is 0 Å². The van der Waals surface area contributed by atoms with E-state index in [4.69, 9.17) is 19.4 Å². The molecule has 0 saturated heterocycles. The highest BCUT2D eigenvalue weighted by Gasteiger charge is 2.20. The minimum atomic E-state index is 0.610. The first-order valence-electron chi connectivity index (χ1n) is 18.8. The number of fused-ring (bicyclic) bond motifs is 6. The van der Waals surface area contributed by atoms with Crippen molar-refractivity contribution in [1.29, 1.82) is 0 Å². The molecule has 0 unspecified atom stereocenters. The molecular weight excluding hydrogens is 685 g/mol. The Kier molecular flexibility index (Phi) is 7.42. The van der Waals surface area contributed by atoms with Crippen molar-refractivity contribution < 1.29 is 4.42 Å². The summed E-state index contributed by atoms with van der Waals surface area (Å²) in [6.07, 6.45) is 0. The quantitative estimate of drug-likeness (QED) is 0.172. The predicted octanol–water partition coefficient (Wildman–Crippen LogP) is 13.2. The lowest BCUT2D eigenvalue weighted by Crippen LogP contribution is -2.02. The van der Waals surface area contributed by atoms with E-state index in [0.29, 0.717) is 17.5 Å². The van der Waals surface area contributed by atoms with Crippen molar-refractivity contribution in [3.8, 4) is 62.1 Å². The van der Waals surface area contributed by atoms with Crippen molar-refractivity contribution in [3.05, 3.63) is 194 Å². The summed E-state index contributed by atoms with van der Waals surface area (Å²) < 4.78 is 8.71. The van der Waals surface area contributed by atoms with Gasteiger partial charge in [0.15, 0.2) is 17.5 Å². The minimum Gasteiger partial charge on any atom is -0.456 e. The second-order valence-electron chi connectivity index (χ2n) is 14.0. The van der Waals surface area contributed by atoms with Crippen LogP contribution in [-0.4, -0.2) is 19.5 Å². The Morgan fingerprint density at radius 3 is 1.52 bits per heavy atom. The molecule has 8 aromatic carbocycles. The van der Waals surface area contributed by atoms with Gasteiger partial charge in [0.1, 0.15) is 11.2 Å². The predicted molar refractivity (Wildman–Crippen MR) is 229 cm³/mol. The lowest BCUT2D eigenvalue weighted by molar-refractivity contribution is 0.669. The van der Waals surface area contributed by atoms with E-state index in [1.54, 1.807) is 0 Å². The van der Waals surface area contributed by atoms with Gasteiger partial charge in [-0.2, -0.15) is 0 Å². The largest absolute Gasteiger partial charge is 0.456 e. The Bertz CT molecular complexity index is 3180. The Morgan fingerprint density at radius 1 is 0.321 bits per heavy atom.